The SMILES string of the molecule is NC(=O)c1cc(N)ccc1NCc1ccon1. The van der Waals surface area contributed by atoms with Crippen LogP contribution in [0.1, 0.15) is 16.1 Å². The highest BCUT2D eigenvalue weighted by Gasteiger charge is 2.08. The summed E-state index contributed by atoms with van der Waals surface area (Å²) >= 11 is 0. The van der Waals surface area contributed by atoms with Crippen LogP contribution in [0, 0.1) is 0 Å². The second kappa shape index (κ2) is 4.56. The van der Waals surface area contributed by atoms with Gasteiger partial charge in [0.2, 0.25) is 0 Å². The molecule has 0 spiro atoms. The van der Waals surface area contributed by atoms with E-state index in [4.69, 9.17) is 16.0 Å². The van der Waals surface area contributed by atoms with Crippen molar-refractivity contribution in [2.24, 2.45) is 5.73 Å². The highest BCUT2D eigenvalue weighted by atomic mass is 16.5. The average Bonchev–Trinajstić information content (AvgIpc) is 2.80. The van der Waals surface area contributed by atoms with Gasteiger partial charge in [-0.2, -0.15) is 0 Å². The van der Waals surface area contributed by atoms with E-state index in [1.807, 2.05) is 0 Å². The Hall–Kier alpha value is -2.50. The Morgan fingerprint density at radius 3 is 2.88 bits per heavy atom. The number of nitrogens with zero attached hydrogens (tertiary/aromatic N) is 1. The van der Waals surface area contributed by atoms with Gasteiger partial charge in [0.05, 0.1) is 12.1 Å². The number of carbonyl (C=O) groups is 1. The maximum atomic E-state index is 11.2. The minimum Gasteiger partial charge on any atom is -0.399 e. The molecular weight excluding hydrogens is 220 g/mol. The van der Waals surface area contributed by atoms with Crippen LogP contribution < -0.4 is 16.8 Å². The molecule has 0 saturated heterocycles. The fourth-order valence-corrected chi connectivity index (χ4v) is 1.43. The van der Waals surface area contributed by atoms with Crippen molar-refractivity contribution in [2.45, 2.75) is 6.54 Å². The lowest BCUT2D eigenvalue weighted by atomic mass is 10.1. The molecule has 1 aromatic carbocycles. The van der Waals surface area contributed by atoms with Gasteiger partial charge in [0.15, 0.2) is 0 Å². The van der Waals surface area contributed by atoms with Crippen molar-refractivity contribution in [2.75, 3.05) is 11.1 Å². The second-order valence-corrected chi connectivity index (χ2v) is 3.51. The Kier molecular flexibility index (Phi) is 2.95. The monoisotopic (exact) mass is 232 g/mol. The zero-order valence-corrected chi connectivity index (χ0v) is 9.01. The van der Waals surface area contributed by atoms with E-state index < -0.39 is 5.91 Å². The average molecular weight is 232 g/mol. The van der Waals surface area contributed by atoms with Gasteiger partial charge in [0, 0.05) is 17.4 Å². The number of rotatable bonds is 4. The van der Waals surface area contributed by atoms with Crippen LogP contribution in [0.4, 0.5) is 11.4 Å². The number of nitrogens with one attached hydrogen (secondary N) is 1. The first-order valence-electron chi connectivity index (χ1n) is 4.99. The third kappa shape index (κ3) is 2.54. The van der Waals surface area contributed by atoms with Crippen LogP contribution in [0.25, 0.3) is 0 Å². The molecule has 0 fully saturated rings. The molecule has 2 rings (SSSR count). The third-order valence-corrected chi connectivity index (χ3v) is 2.26. The number of amides is 1. The molecule has 1 aromatic heterocycles. The minimum absolute atomic E-state index is 0.355. The summed E-state index contributed by atoms with van der Waals surface area (Å²) in [6.07, 6.45) is 1.48. The van der Waals surface area contributed by atoms with Crippen molar-refractivity contribution >= 4 is 17.3 Å². The van der Waals surface area contributed by atoms with Gasteiger partial charge in [-0.3, -0.25) is 4.79 Å². The molecule has 0 aliphatic heterocycles. The van der Waals surface area contributed by atoms with Gasteiger partial charge in [0.1, 0.15) is 12.0 Å². The van der Waals surface area contributed by atoms with Crippen molar-refractivity contribution in [1.29, 1.82) is 0 Å². The van der Waals surface area contributed by atoms with E-state index in [1.54, 1.807) is 18.2 Å². The molecule has 1 amide bonds. The van der Waals surface area contributed by atoms with Crippen LogP contribution in [0.15, 0.2) is 35.1 Å². The van der Waals surface area contributed by atoms with Crippen LogP contribution in [-0.2, 0) is 6.54 Å². The quantitative estimate of drug-likeness (QED) is 0.681. The van der Waals surface area contributed by atoms with E-state index in [2.05, 4.69) is 10.5 Å². The van der Waals surface area contributed by atoms with Crippen LogP contribution >= 0.6 is 0 Å². The number of anilines is 2. The van der Waals surface area contributed by atoms with Crippen LogP contribution in [0.2, 0.25) is 0 Å². The Bertz CT molecular complexity index is 522. The predicted molar refractivity (Wildman–Crippen MR) is 63.2 cm³/mol. The first kappa shape index (κ1) is 11.0. The topological polar surface area (TPSA) is 107 Å². The van der Waals surface area contributed by atoms with Gasteiger partial charge < -0.3 is 21.3 Å². The third-order valence-electron chi connectivity index (χ3n) is 2.26. The number of primary amides is 1. The molecule has 0 radical (unpaired) electrons. The Morgan fingerprint density at radius 1 is 1.41 bits per heavy atom. The van der Waals surface area contributed by atoms with Gasteiger partial charge in [-0.1, -0.05) is 5.16 Å². The molecule has 0 aliphatic rings. The summed E-state index contributed by atoms with van der Waals surface area (Å²) in [5.74, 6) is -0.528. The van der Waals surface area contributed by atoms with E-state index >= 15 is 0 Å². The van der Waals surface area contributed by atoms with Crippen LogP contribution in [0.5, 0.6) is 0 Å². The summed E-state index contributed by atoms with van der Waals surface area (Å²) in [7, 11) is 0. The summed E-state index contributed by atoms with van der Waals surface area (Å²) < 4.78 is 4.70. The van der Waals surface area contributed by atoms with Gasteiger partial charge in [-0.25, -0.2) is 0 Å². The molecule has 6 nitrogen and oxygen atoms in total. The predicted octanol–water partition coefficient (Wildman–Crippen LogP) is 0.968. The number of aromatic nitrogens is 1. The van der Waals surface area contributed by atoms with E-state index in [0.717, 1.165) is 5.69 Å². The Morgan fingerprint density at radius 2 is 2.24 bits per heavy atom. The maximum Gasteiger partial charge on any atom is 0.250 e. The summed E-state index contributed by atoms with van der Waals surface area (Å²) in [6, 6.07) is 6.66. The number of hydrogen-bond donors (Lipinski definition) is 3. The molecule has 88 valence electrons. The Balaban J connectivity index is 2.17. The van der Waals surface area contributed by atoms with E-state index in [0.29, 0.717) is 23.5 Å². The fraction of sp³-hybridized carbons (Fsp3) is 0.0909. The molecule has 0 aliphatic carbocycles. The van der Waals surface area contributed by atoms with Crippen molar-refractivity contribution < 1.29 is 9.32 Å². The van der Waals surface area contributed by atoms with Gasteiger partial charge >= 0.3 is 0 Å². The van der Waals surface area contributed by atoms with E-state index in [1.165, 1.54) is 12.3 Å². The van der Waals surface area contributed by atoms with Crippen molar-refractivity contribution in [1.82, 2.24) is 5.16 Å². The highest BCUT2D eigenvalue weighted by molar-refractivity contribution is 5.99. The first-order chi connectivity index (χ1) is 8.16. The molecule has 0 unspecified atom stereocenters. The zero-order chi connectivity index (χ0) is 12.3. The van der Waals surface area contributed by atoms with E-state index in [-0.39, 0.29) is 0 Å². The van der Waals surface area contributed by atoms with Crippen molar-refractivity contribution in [3.05, 3.63) is 41.8 Å². The fourth-order valence-electron chi connectivity index (χ4n) is 1.43. The lowest BCUT2D eigenvalue weighted by Crippen LogP contribution is -2.15. The highest BCUT2D eigenvalue weighted by Crippen LogP contribution is 2.19. The standard InChI is InChI=1S/C11H12N4O2/c12-7-1-2-10(9(5-7)11(13)16)14-6-8-3-4-17-15-8/h1-5,14H,6,12H2,(H2,13,16). The van der Waals surface area contributed by atoms with Gasteiger partial charge in [-0.15, -0.1) is 0 Å². The number of carbonyl (C=O) groups excluding carboxylic acids is 1. The summed E-state index contributed by atoms with van der Waals surface area (Å²) in [5, 5.41) is 6.79. The largest absolute Gasteiger partial charge is 0.399 e. The number of hydrogen-bond acceptors (Lipinski definition) is 5. The molecule has 0 saturated carbocycles. The molecular formula is C11H12N4O2. The van der Waals surface area contributed by atoms with Crippen LogP contribution in [-0.4, -0.2) is 11.1 Å². The van der Waals surface area contributed by atoms with Gasteiger partial charge in [-0.05, 0) is 18.2 Å². The molecule has 1 heterocycles. The lowest BCUT2D eigenvalue weighted by molar-refractivity contribution is 0.100. The summed E-state index contributed by atoms with van der Waals surface area (Å²) in [5.41, 5.74) is 13.1. The zero-order valence-electron chi connectivity index (χ0n) is 9.01. The number of benzene rings is 1. The smallest absolute Gasteiger partial charge is 0.250 e. The minimum atomic E-state index is -0.528. The van der Waals surface area contributed by atoms with E-state index in [9.17, 15) is 4.79 Å². The normalized spacial score (nSPS) is 10.1. The molecule has 2 aromatic rings. The summed E-state index contributed by atoms with van der Waals surface area (Å²) in [4.78, 5) is 11.2. The molecule has 0 atom stereocenters. The summed E-state index contributed by atoms with van der Waals surface area (Å²) in [6.45, 7) is 0.445. The van der Waals surface area contributed by atoms with Crippen molar-refractivity contribution in [3.8, 4) is 0 Å². The first-order valence-corrected chi connectivity index (χ1v) is 4.99. The van der Waals surface area contributed by atoms with Gasteiger partial charge in [0.25, 0.3) is 5.91 Å². The molecule has 0 bridgehead atoms. The maximum absolute atomic E-state index is 11.2. The van der Waals surface area contributed by atoms with Crippen molar-refractivity contribution in [3.63, 3.8) is 0 Å². The Labute approximate surface area is 97.6 Å². The number of nitrogens with two attached hydrogens (primary N) is 2. The second-order valence-electron chi connectivity index (χ2n) is 3.51. The molecule has 17 heavy (non-hydrogen) atoms. The molecule has 5 N–H and O–H groups in total. The lowest BCUT2D eigenvalue weighted by Gasteiger charge is -2.09. The van der Waals surface area contributed by atoms with Crippen LogP contribution in [0.3, 0.4) is 0 Å². The number of nitrogen functional groups attached to an aromatic ring is 1. The molecule has 6 heteroatoms.